The largest absolute Gasteiger partial charge is 0.397 e. The van der Waals surface area contributed by atoms with E-state index >= 15 is 0 Å². The van der Waals surface area contributed by atoms with Crippen LogP contribution in [0.4, 0.5) is 5.69 Å². The van der Waals surface area contributed by atoms with Crippen molar-refractivity contribution in [3.05, 3.63) is 27.7 Å². The molecule has 1 aliphatic carbocycles. The van der Waals surface area contributed by atoms with Gasteiger partial charge in [0, 0.05) is 11.6 Å². The molecular formula is C15H20Cl2N2O. The smallest absolute Gasteiger partial charge is 0.251 e. The zero-order valence-electron chi connectivity index (χ0n) is 11.7. The third-order valence-electron chi connectivity index (χ3n) is 4.25. The van der Waals surface area contributed by atoms with Crippen molar-refractivity contribution in [2.75, 3.05) is 5.73 Å². The maximum atomic E-state index is 12.2. The Morgan fingerprint density at radius 2 is 1.95 bits per heavy atom. The van der Waals surface area contributed by atoms with Gasteiger partial charge >= 0.3 is 0 Å². The number of carbonyl (C=O) groups excluding carboxylic acids is 1. The van der Waals surface area contributed by atoms with Gasteiger partial charge in [0.2, 0.25) is 0 Å². The van der Waals surface area contributed by atoms with Crippen molar-refractivity contribution < 1.29 is 4.79 Å². The van der Waals surface area contributed by atoms with Crippen molar-refractivity contribution >= 4 is 34.8 Å². The van der Waals surface area contributed by atoms with E-state index in [0.29, 0.717) is 27.2 Å². The number of nitrogen functional groups attached to an aromatic ring is 1. The highest BCUT2D eigenvalue weighted by atomic mass is 35.5. The van der Waals surface area contributed by atoms with Crippen LogP contribution in [0.2, 0.25) is 10.0 Å². The molecule has 1 aliphatic rings. The molecule has 1 aromatic carbocycles. The van der Waals surface area contributed by atoms with Crippen molar-refractivity contribution in [2.24, 2.45) is 11.8 Å². The van der Waals surface area contributed by atoms with Crippen molar-refractivity contribution in [2.45, 2.75) is 39.2 Å². The minimum Gasteiger partial charge on any atom is -0.397 e. The van der Waals surface area contributed by atoms with Crippen LogP contribution in [-0.2, 0) is 0 Å². The van der Waals surface area contributed by atoms with Crippen molar-refractivity contribution in [1.82, 2.24) is 5.32 Å². The molecule has 0 bridgehead atoms. The number of nitrogens with one attached hydrogen (secondary N) is 1. The summed E-state index contributed by atoms with van der Waals surface area (Å²) in [5, 5.41) is 3.67. The average molecular weight is 315 g/mol. The summed E-state index contributed by atoms with van der Waals surface area (Å²) >= 11 is 11.8. The summed E-state index contributed by atoms with van der Waals surface area (Å²) in [5.74, 6) is 1.22. The second kappa shape index (κ2) is 6.23. The van der Waals surface area contributed by atoms with E-state index in [1.807, 2.05) is 0 Å². The summed E-state index contributed by atoms with van der Waals surface area (Å²) in [6, 6.07) is 3.35. The molecule has 1 saturated carbocycles. The minimum atomic E-state index is -0.137. The topological polar surface area (TPSA) is 55.1 Å². The zero-order chi connectivity index (χ0) is 14.9. The molecule has 2 rings (SSSR count). The molecule has 3 atom stereocenters. The second-order valence-electron chi connectivity index (χ2n) is 5.80. The highest BCUT2D eigenvalue weighted by Gasteiger charge is 2.26. The molecule has 3 N–H and O–H groups in total. The lowest BCUT2D eigenvalue weighted by atomic mass is 9.79. The number of hydrogen-bond donors (Lipinski definition) is 2. The van der Waals surface area contributed by atoms with Crippen LogP contribution in [-0.4, -0.2) is 11.9 Å². The van der Waals surface area contributed by atoms with E-state index in [1.54, 1.807) is 12.1 Å². The fourth-order valence-corrected chi connectivity index (χ4v) is 3.02. The standard InChI is InChI=1S/C15H20Cl2N2O/c1-8-3-4-11(5-9(8)2)19-15(20)10-6-12(16)14(17)13(18)7-10/h6-9,11H,3-5,18H2,1-2H3,(H,19,20). The summed E-state index contributed by atoms with van der Waals surface area (Å²) in [7, 11) is 0. The Balaban J connectivity index is 2.05. The number of benzene rings is 1. The predicted molar refractivity (Wildman–Crippen MR) is 84.3 cm³/mol. The van der Waals surface area contributed by atoms with Gasteiger partial charge in [0.15, 0.2) is 0 Å². The predicted octanol–water partition coefficient (Wildman–Crippen LogP) is 4.13. The van der Waals surface area contributed by atoms with Gasteiger partial charge in [0.1, 0.15) is 0 Å². The van der Waals surface area contributed by atoms with E-state index in [4.69, 9.17) is 28.9 Å². The first kappa shape index (κ1) is 15.5. The third kappa shape index (κ3) is 3.39. The van der Waals surface area contributed by atoms with Gasteiger partial charge in [-0.15, -0.1) is 0 Å². The van der Waals surface area contributed by atoms with Gasteiger partial charge in [0.25, 0.3) is 5.91 Å². The van der Waals surface area contributed by atoms with Crippen LogP contribution in [0.5, 0.6) is 0 Å². The van der Waals surface area contributed by atoms with E-state index in [9.17, 15) is 4.79 Å². The first-order chi connectivity index (χ1) is 9.38. The number of halogens is 2. The Hall–Kier alpha value is -0.930. The molecular weight excluding hydrogens is 295 g/mol. The van der Waals surface area contributed by atoms with Crippen LogP contribution in [0.1, 0.15) is 43.5 Å². The second-order valence-corrected chi connectivity index (χ2v) is 6.58. The van der Waals surface area contributed by atoms with Gasteiger partial charge in [-0.3, -0.25) is 4.79 Å². The Kier molecular flexibility index (Phi) is 4.82. The average Bonchev–Trinajstić information content (AvgIpc) is 2.39. The fourth-order valence-electron chi connectivity index (χ4n) is 2.69. The van der Waals surface area contributed by atoms with Crippen LogP contribution >= 0.6 is 23.2 Å². The monoisotopic (exact) mass is 314 g/mol. The molecule has 3 unspecified atom stereocenters. The SMILES string of the molecule is CC1CCC(NC(=O)c2cc(N)c(Cl)c(Cl)c2)CC1C. The van der Waals surface area contributed by atoms with Crippen LogP contribution < -0.4 is 11.1 Å². The molecule has 1 amide bonds. The highest BCUT2D eigenvalue weighted by molar-refractivity contribution is 6.43. The lowest BCUT2D eigenvalue weighted by Crippen LogP contribution is -2.39. The molecule has 0 radical (unpaired) electrons. The molecule has 0 spiro atoms. The molecule has 0 saturated heterocycles. The molecule has 3 nitrogen and oxygen atoms in total. The van der Waals surface area contributed by atoms with E-state index in [-0.39, 0.29) is 11.9 Å². The Morgan fingerprint density at radius 1 is 1.25 bits per heavy atom. The van der Waals surface area contributed by atoms with Crippen molar-refractivity contribution in [3.8, 4) is 0 Å². The zero-order valence-corrected chi connectivity index (χ0v) is 13.3. The molecule has 0 aromatic heterocycles. The summed E-state index contributed by atoms with van der Waals surface area (Å²) in [4.78, 5) is 12.2. The first-order valence-corrected chi connectivity index (χ1v) is 7.69. The van der Waals surface area contributed by atoms with Gasteiger partial charge in [-0.1, -0.05) is 37.0 Å². The minimum absolute atomic E-state index is 0.137. The van der Waals surface area contributed by atoms with Gasteiger partial charge < -0.3 is 11.1 Å². The van der Waals surface area contributed by atoms with E-state index < -0.39 is 0 Å². The number of carbonyl (C=O) groups is 1. The molecule has 1 fully saturated rings. The number of amides is 1. The number of rotatable bonds is 2. The van der Waals surface area contributed by atoms with Gasteiger partial charge in [0.05, 0.1) is 15.7 Å². The maximum Gasteiger partial charge on any atom is 0.251 e. The molecule has 0 heterocycles. The summed E-state index contributed by atoms with van der Waals surface area (Å²) in [6.07, 6.45) is 3.19. The van der Waals surface area contributed by atoms with E-state index in [2.05, 4.69) is 19.2 Å². The lowest BCUT2D eigenvalue weighted by molar-refractivity contribution is 0.0910. The van der Waals surface area contributed by atoms with E-state index in [0.717, 1.165) is 25.2 Å². The number of hydrogen-bond acceptors (Lipinski definition) is 2. The highest BCUT2D eigenvalue weighted by Crippen LogP contribution is 2.31. The molecule has 1 aromatic rings. The van der Waals surface area contributed by atoms with Crippen LogP contribution in [0.15, 0.2) is 12.1 Å². The van der Waals surface area contributed by atoms with Gasteiger partial charge in [-0.25, -0.2) is 0 Å². The van der Waals surface area contributed by atoms with Gasteiger partial charge in [-0.05, 0) is 43.2 Å². The fraction of sp³-hybridized carbons (Fsp3) is 0.533. The Labute approximate surface area is 129 Å². The Bertz CT molecular complexity index is 496. The van der Waals surface area contributed by atoms with E-state index in [1.165, 1.54) is 0 Å². The first-order valence-electron chi connectivity index (χ1n) is 6.94. The van der Waals surface area contributed by atoms with Crippen molar-refractivity contribution in [1.29, 1.82) is 0 Å². The quantitative estimate of drug-likeness (QED) is 0.806. The summed E-state index contributed by atoms with van der Waals surface area (Å²) in [6.45, 7) is 4.50. The maximum absolute atomic E-state index is 12.2. The summed E-state index contributed by atoms with van der Waals surface area (Å²) in [5.41, 5.74) is 6.53. The lowest BCUT2D eigenvalue weighted by Gasteiger charge is -2.32. The molecule has 20 heavy (non-hydrogen) atoms. The molecule has 0 aliphatic heterocycles. The van der Waals surface area contributed by atoms with Crippen LogP contribution in [0, 0.1) is 11.8 Å². The van der Waals surface area contributed by atoms with Gasteiger partial charge in [-0.2, -0.15) is 0 Å². The summed E-state index contributed by atoms with van der Waals surface area (Å²) < 4.78 is 0. The van der Waals surface area contributed by atoms with Crippen LogP contribution in [0.3, 0.4) is 0 Å². The number of anilines is 1. The third-order valence-corrected chi connectivity index (χ3v) is 5.07. The molecule has 110 valence electrons. The molecule has 5 heteroatoms. The number of nitrogens with two attached hydrogens (primary N) is 1. The van der Waals surface area contributed by atoms with Crippen LogP contribution in [0.25, 0.3) is 0 Å². The van der Waals surface area contributed by atoms with Crippen molar-refractivity contribution in [3.63, 3.8) is 0 Å². The normalized spacial score (nSPS) is 26.3. The Morgan fingerprint density at radius 3 is 2.55 bits per heavy atom.